The summed E-state index contributed by atoms with van der Waals surface area (Å²) in [4.78, 5) is 62.8. The molecule has 0 aliphatic rings. The molecule has 0 bridgehead atoms. The quantitative estimate of drug-likeness (QED) is 0.0180. The summed E-state index contributed by atoms with van der Waals surface area (Å²) in [5, 5.41) is 28.2. The summed E-state index contributed by atoms with van der Waals surface area (Å²) in [6.07, 6.45) is 13.8. The number of ketones is 1. The number of nitrogens with one attached hydrogen (secondary N) is 3. The Balaban J connectivity index is 0.000000278. The third kappa shape index (κ3) is 17.7. The van der Waals surface area contributed by atoms with Gasteiger partial charge in [-0.15, -0.1) is 0 Å². The molecule has 6 rings (SSSR count). The van der Waals surface area contributed by atoms with Gasteiger partial charge in [0.15, 0.2) is 0 Å². The predicted octanol–water partition coefficient (Wildman–Crippen LogP) is 8.56. The number of pyridine rings is 2. The number of nitro benzene ring substituents is 2. The van der Waals surface area contributed by atoms with Crippen LogP contribution in [0.5, 0.6) is 0 Å². The molecule has 0 saturated heterocycles. The molecule has 0 aliphatic heterocycles. The number of Topliss-reactive ketones (excluding diaryl/α,β-unsaturated/α-hetero) is 1. The number of rotatable bonds is 16. The smallest absolute Gasteiger partial charge is 0.296 e. The van der Waals surface area contributed by atoms with E-state index in [1.165, 1.54) is 49.4 Å². The number of nitrogens with zero attached hydrogens (tertiary/aromatic N) is 5. The molecule has 0 unspecified atom stereocenters. The first-order chi connectivity index (χ1) is 31.1. The number of nitrogens with two attached hydrogens (primary N) is 1. The zero-order valence-electron chi connectivity index (χ0n) is 35.6. The highest BCUT2D eigenvalue weighted by Crippen LogP contribution is 2.19. The van der Waals surface area contributed by atoms with Crippen LogP contribution in [0.3, 0.4) is 0 Å². The first-order valence-electron chi connectivity index (χ1n) is 20.5. The second kappa shape index (κ2) is 27.6. The van der Waals surface area contributed by atoms with Gasteiger partial charge in [-0.2, -0.15) is 0 Å². The number of aliphatic imine (C=N–C) groups is 1. The molecule has 15 nitrogen and oxygen atoms in total. The molecule has 2 aromatic carbocycles. The highest BCUT2D eigenvalue weighted by Gasteiger charge is 2.07. The van der Waals surface area contributed by atoms with E-state index in [-0.39, 0.29) is 23.1 Å². The summed E-state index contributed by atoms with van der Waals surface area (Å²) in [6.45, 7) is 1.57. The number of hydrogen-bond acceptors (Lipinski definition) is 12. The molecule has 0 radical (unpaired) electrons. The molecule has 0 fully saturated rings. The lowest BCUT2D eigenvalue weighted by Gasteiger charge is -2.05. The Hall–Kier alpha value is -7.27. The Morgan fingerprint density at radius 2 is 1.30 bits per heavy atom. The van der Waals surface area contributed by atoms with Crippen LogP contribution in [-0.4, -0.2) is 64.6 Å². The minimum absolute atomic E-state index is 0.00653. The monoisotopic (exact) mass is 886 g/mol. The van der Waals surface area contributed by atoms with Crippen molar-refractivity contribution in [2.24, 2.45) is 10.7 Å². The lowest BCUT2D eigenvalue weighted by molar-refractivity contribution is -0.385. The first-order valence-corrected chi connectivity index (χ1v) is 20.3. The highest BCUT2D eigenvalue weighted by atomic mass is 32.1. The van der Waals surface area contributed by atoms with E-state index in [2.05, 4.69) is 71.3 Å². The van der Waals surface area contributed by atoms with E-state index >= 15 is 0 Å². The second-order valence-electron chi connectivity index (χ2n) is 13.4. The van der Waals surface area contributed by atoms with Gasteiger partial charge in [-0.05, 0) is 128 Å². The number of non-ortho nitro benzene ring substituents is 2. The second-order valence-corrected chi connectivity index (χ2v) is 14.1. The van der Waals surface area contributed by atoms with Gasteiger partial charge in [-0.1, -0.05) is 37.9 Å². The molecule has 4 aromatic heterocycles. The number of nitro groups is 2. The molecule has 1 amide bonds. The van der Waals surface area contributed by atoms with Crippen LogP contribution >= 0.6 is 24.4 Å². The van der Waals surface area contributed by atoms with Gasteiger partial charge in [0.05, 0.1) is 21.6 Å². The van der Waals surface area contributed by atoms with Crippen LogP contribution in [0.25, 0.3) is 22.1 Å². The van der Waals surface area contributed by atoms with Crippen LogP contribution < -0.4 is 11.1 Å². The summed E-state index contributed by atoms with van der Waals surface area (Å²) in [5.41, 5.74) is 10.6. The van der Waals surface area contributed by atoms with E-state index < -0.39 is 9.85 Å². The van der Waals surface area contributed by atoms with E-state index in [1.54, 1.807) is 18.3 Å². The summed E-state index contributed by atoms with van der Waals surface area (Å²) >= 11 is 10.0. The molecule has 0 spiro atoms. The van der Waals surface area contributed by atoms with Gasteiger partial charge < -0.3 is 21.0 Å². The zero-order valence-corrected chi connectivity index (χ0v) is 36.2. The topological polar surface area (TPSA) is 228 Å². The summed E-state index contributed by atoms with van der Waals surface area (Å²) in [7, 11) is 1.25. The van der Waals surface area contributed by atoms with Gasteiger partial charge in [-0.3, -0.25) is 29.8 Å². The highest BCUT2D eigenvalue weighted by molar-refractivity contribution is 7.80. The van der Waals surface area contributed by atoms with Crippen LogP contribution in [0.15, 0.2) is 103 Å². The van der Waals surface area contributed by atoms with Crippen molar-refractivity contribution in [1.82, 2.24) is 25.3 Å². The summed E-state index contributed by atoms with van der Waals surface area (Å²) in [6, 6.07) is 19.6. The van der Waals surface area contributed by atoms with Gasteiger partial charge in [0, 0.05) is 91.2 Å². The van der Waals surface area contributed by atoms with Crippen LogP contribution in [0, 0.1) is 43.9 Å². The maximum Gasteiger partial charge on any atom is 0.296 e. The minimum Gasteiger partial charge on any atom is -0.346 e. The summed E-state index contributed by atoms with van der Waals surface area (Å²) in [5.74, 6) is 9.88. The van der Waals surface area contributed by atoms with Crippen molar-refractivity contribution >= 4 is 79.6 Å². The van der Waals surface area contributed by atoms with Gasteiger partial charge in [0.2, 0.25) is 5.78 Å². The standard InChI is InChI=1S/C24H23N3O3S.C12H13N3O3.C9H7N3S.CH4/c28-21(12-8-18-6-10-20(11-7-18)27(29)30)4-2-1-3-5-22(31)13-9-19-14-16-25-24-23(19)15-17-26-24;13-8-1-9-14-12(16)7-4-10-2-5-11(6-3-10)15(17)18;13-6-10-5-7-1-3-11-9-8(7)2-4-12-9;/h6-7,10-11,14-17H,1-5,9,13H2,(H,25,26);2-3,5-6H,1,8-9,13H2,(H,14,16);1-4H,5H2,(H,11,12);1H4/i;;;1D. The Kier molecular flexibility index (Phi) is 21.2. The first kappa shape index (κ1) is 48.4. The van der Waals surface area contributed by atoms with Crippen LogP contribution in [0.2, 0.25) is 0 Å². The number of hydrogen-bond donors (Lipinski definition) is 4. The molecule has 5 N–H and O–H groups in total. The van der Waals surface area contributed by atoms with Gasteiger partial charge in [-0.25, -0.2) is 15.0 Å². The third-order valence-electron chi connectivity index (χ3n) is 8.94. The molecule has 324 valence electrons. The van der Waals surface area contributed by atoms with Crippen molar-refractivity contribution in [3.8, 4) is 23.7 Å². The fourth-order valence-electron chi connectivity index (χ4n) is 5.71. The zero-order chi connectivity index (χ0) is 46.5. The lowest BCUT2D eigenvalue weighted by Crippen LogP contribution is -2.24. The Morgan fingerprint density at radius 3 is 1.86 bits per heavy atom. The Morgan fingerprint density at radius 1 is 0.762 bits per heavy atom. The SMILES string of the molecule is NCCCNC(=O)C#Cc1ccc([N+](=O)[O-])cc1.O=C(C#Cc1ccc([N+](=O)[O-])cc1)CCCCCC(=S)CCc1ccnc2[nH]ccc12.S=C=NCc1ccnc2[nH]ccc12.[2H]C. The van der Waals surface area contributed by atoms with Crippen LogP contribution in [0.4, 0.5) is 11.4 Å². The summed E-state index contributed by atoms with van der Waals surface area (Å²) < 4.78 is 5.75. The number of amides is 1. The lowest BCUT2D eigenvalue weighted by atomic mass is 10.0. The molecule has 0 atom stereocenters. The number of unbranched alkanes of at least 4 members (excludes halogenated alkanes) is 2. The van der Waals surface area contributed by atoms with E-state index in [0.29, 0.717) is 43.6 Å². The van der Waals surface area contributed by atoms with Crippen molar-refractivity contribution in [3.05, 3.63) is 140 Å². The van der Waals surface area contributed by atoms with Crippen molar-refractivity contribution in [3.63, 3.8) is 0 Å². The number of carbonyl (C=O) groups is 2. The average Bonchev–Trinajstić information content (AvgIpc) is 4.01. The molecule has 6 aromatic rings. The average molecular weight is 887 g/mol. The number of carbonyl (C=O) groups excluding carboxylic acids is 2. The number of H-pyrrole nitrogens is 2. The number of thiocarbonyl (C=S) groups is 2. The molecular weight excluding hydrogens is 839 g/mol. The van der Waals surface area contributed by atoms with Crippen LogP contribution in [0.1, 0.15) is 76.0 Å². The molecule has 63 heavy (non-hydrogen) atoms. The number of aromatic amines is 2. The Bertz CT molecular complexity index is 2660. The fourth-order valence-corrected chi connectivity index (χ4v) is 6.02. The maximum absolute atomic E-state index is 11.9. The molecule has 0 saturated carbocycles. The van der Waals surface area contributed by atoms with Crippen molar-refractivity contribution < 1.29 is 20.8 Å². The minimum atomic E-state index is -0.489. The molecular formula is C46H47N9O6S2. The molecule has 0 aliphatic carbocycles. The normalized spacial score (nSPS) is 9.90. The maximum atomic E-state index is 11.9. The van der Waals surface area contributed by atoms with Gasteiger partial charge in [0.25, 0.3) is 17.3 Å². The van der Waals surface area contributed by atoms with Crippen molar-refractivity contribution in [1.29, 1.82) is 0 Å². The predicted molar refractivity (Wildman–Crippen MR) is 253 cm³/mol. The molecule has 4 heterocycles. The van der Waals surface area contributed by atoms with E-state index in [1.807, 2.05) is 42.9 Å². The Labute approximate surface area is 377 Å². The fraction of sp³-hybridized carbons (Fsp3) is 0.261. The largest absolute Gasteiger partial charge is 0.346 e. The van der Waals surface area contributed by atoms with Crippen LogP contribution in [-0.2, 0) is 22.6 Å². The number of benzene rings is 2. The number of aromatic nitrogens is 4. The van der Waals surface area contributed by atoms with Gasteiger partial charge >= 0.3 is 0 Å². The van der Waals surface area contributed by atoms with E-state index in [4.69, 9.17) is 19.3 Å². The van der Waals surface area contributed by atoms with Gasteiger partial charge in [0.1, 0.15) is 11.3 Å². The van der Waals surface area contributed by atoms with Crippen molar-refractivity contribution in [2.45, 2.75) is 65.3 Å². The molecule has 17 heteroatoms. The van der Waals surface area contributed by atoms with E-state index in [0.717, 1.165) is 71.0 Å². The number of fused-ring (bicyclic) bond motifs is 2. The van der Waals surface area contributed by atoms with Crippen molar-refractivity contribution in [2.75, 3.05) is 13.1 Å². The van der Waals surface area contributed by atoms with E-state index in [9.17, 15) is 29.8 Å². The number of aryl methyl sites for hydroxylation is 1. The third-order valence-corrected chi connectivity index (χ3v) is 9.47. The number of isothiocyanates is 1.